The van der Waals surface area contributed by atoms with Crippen LogP contribution in [0.3, 0.4) is 0 Å². The topological polar surface area (TPSA) is 21.3 Å². The van der Waals surface area contributed by atoms with Crippen LogP contribution in [0, 0.1) is 5.82 Å². The van der Waals surface area contributed by atoms with Gasteiger partial charge in [-0.15, -0.1) is 0 Å². The Morgan fingerprint density at radius 1 is 1.05 bits per heavy atom. The van der Waals surface area contributed by atoms with Gasteiger partial charge in [0.25, 0.3) is 0 Å². The zero-order chi connectivity index (χ0) is 14.2. The lowest BCUT2D eigenvalue weighted by Gasteiger charge is -2.08. The van der Waals surface area contributed by atoms with Crippen molar-refractivity contribution in [3.8, 4) is 5.75 Å². The average molecular weight is 273 g/mol. The number of halogens is 1. The van der Waals surface area contributed by atoms with E-state index < -0.39 is 0 Å². The molecular formula is C17H20FNO. The third-order valence-electron chi connectivity index (χ3n) is 3.02. The summed E-state index contributed by atoms with van der Waals surface area (Å²) in [4.78, 5) is 0. The van der Waals surface area contributed by atoms with Gasteiger partial charge in [-0.05, 0) is 55.3 Å². The molecule has 0 unspecified atom stereocenters. The van der Waals surface area contributed by atoms with Crippen LogP contribution in [0.2, 0.25) is 0 Å². The van der Waals surface area contributed by atoms with E-state index in [2.05, 4.69) is 11.4 Å². The first-order valence-corrected chi connectivity index (χ1v) is 6.95. The minimum atomic E-state index is -0.174. The molecule has 0 fully saturated rings. The van der Waals surface area contributed by atoms with Crippen LogP contribution in [0.1, 0.15) is 18.1 Å². The van der Waals surface area contributed by atoms with Crippen molar-refractivity contribution in [3.63, 3.8) is 0 Å². The lowest BCUT2D eigenvalue weighted by atomic mass is 10.1. The highest BCUT2D eigenvalue weighted by Crippen LogP contribution is 2.13. The maximum Gasteiger partial charge on any atom is 0.123 e. The van der Waals surface area contributed by atoms with E-state index in [1.807, 2.05) is 31.2 Å². The molecule has 1 N–H and O–H groups in total. The van der Waals surface area contributed by atoms with Crippen LogP contribution in [0.4, 0.5) is 4.39 Å². The predicted molar refractivity (Wildman–Crippen MR) is 79.4 cm³/mol. The molecule has 0 bridgehead atoms. The summed E-state index contributed by atoms with van der Waals surface area (Å²) < 4.78 is 18.5. The van der Waals surface area contributed by atoms with E-state index in [-0.39, 0.29) is 5.82 Å². The lowest BCUT2D eigenvalue weighted by molar-refractivity contribution is 0.340. The van der Waals surface area contributed by atoms with E-state index in [0.717, 1.165) is 30.8 Å². The molecule has 0 aliphatic rings. The minimum absolute atomic E-state index is 0.174. The molecule has 0 spiro atoms. The standard InChI is InChI=1S/C17H20FNO/c1-2-20-17-8-4-6-15(12-17)13-19-10-9-14-5-3-7-16(18)11-14/h3-8,11-12,19H,2,9-10,13H2,1H3. The van der Waals surface area contributed by atoms with E-state index in [1.54, 1.807) is 12.1 Å². The zero-order valence-electron chi connectivity index (χ0n) is 11.7. The quantitative estimate of drug-likeness (QED) is 0.779. The molecule has 0 saturated carbocycles. The fraction of sp³-hybridized carbons (Fsp3) is 0.294. The van der Waals surface area contributed by atoms with Gasteiger partial charge in [-0.1, -0.05) is 24.3 Å². The Labute approximate surface area is 119 Å². The van der Waals surface area contributed by atoms with Crippen LogP contribution in [0.15, 0.2) is 48.5 Å². The molecule has 0 atom stereocenters. The van der Waals surface area contributed by atoms with Gasteiger partial charge in [-0.25, -0.2) is 4.39 Å². The number of nitrogens with one attached hydrogen (secondary N) is 1. The highest BCUT2D eigenvalue weighted by Gasteiger charge is 1.98. The summed E-state index contributed by atoms with van der Waals surface area (Å²) in [5, 5.41) is 3.36. The van der Waals surface area contributed by atoms with E-state index >= 15 is 0 Å². The van der Waals surface area contributed by atoms with Gasteiger partial charge in [0.2, 0.25) is 0 Å². The average Bonchev–Trinajstić information content (AvgIpc) is 2.45. The smallest absolute Gasteiger partial charge is 0.123 e. The van der Waals surface area contributed by atoms with Crippen molar-refractivity contribution in [1.29, 1.82) is 0 Å². The normalized spacial score (nSPS) is 10.5. The zero-order valence-corrected chi connectivity index (χ0v) is 11.7. The first-order chi connectivity index (χ1) is 9.78. The Morgan fingerprint density at radius 3 is 2.65 bits per heavy atom. The van der Waals surface area contributed by atoms with Crippen molar-refractivity contribution in [1.82, 2.24) is 5.32 Å². The van der Waals surface area contributed by atoms with Gasteiger partial charge in [0.05, 0.1) is 6.61 Å². The van der Waals surface area contributed by atoms with E-state index in [4.69, 9.17) is 4.74 Å². The molecular weight excluding hydrogens is 253 g/mol. The number of rotatable bonds is 7. The van der Waals surface area contributed by atoms with Crippen LogP contribution in [-0.4, -0.2) is 13.2 Å². The van der Waals surface area contributed by atoms with E-state index in [9.17, 15) is 4.39 Å². The summed E-state index contributed by atoms with van der Waals surface area (Å²) in [5.41, 5.74) is 2.20. The molecule has 0 saturated heterocycles. The van der Waals surface area contributed by atoms with Gasteiger partial charge in [0, 0.05) is 6.54 Å². The summed E-state index contributed by atoms with van der Waals surface area (Å²) in [6.45, 7) is 4.26. The second-order valence-electron chi connectivity index (χ2n) is 4.64. The molecule has 2 aromatic rings. The molecule has 0 radical (unpaired) electrons. The molecule has 106 valence electrons. The Morgan fingerprint density at radius 2 is 1.85 bits per heavy atom. The highest BCUT2D eigenvalue weighted by atomic mass is 19.1. The number of hydrogen-bond acceptors (Lipinski definition) is 2. The van der Waals surface area contributed by atoms with Crippen molar-refractivity contribution >= 4 is 0 Å². The molecule has 0 aliphatic heterocycles. The van der Waals surface area contributed by atoms with Gasteiger partial charge < -0.3 is 10.1 Å². The van der Waals surface area contributed by atoms with Crippen molar-refractivity contribution in [2.24, 2.45) is 0 Å². The molecule has 0 aromatic heterocycles. The first kappa shape index (κ1) is 14.5. The van der Waals surface area contributed by atoms with Crippen molar-refractivity contribution in [2.75, 3.05) is 13.2 Å². The monoisotopic (exact) mass is 273 g/mol. The molecule has 2 aromatic carbocycles. The van der Waals surface area contributed by atoms with Gasteiger partial charge in [-0.2, -0.15) is 0 Å². The summed E-state index contributed by atoms with van der Waals surface area (Å²) in [6, 6.07) is 14.8. The molecule has 2 rings (SSSR count). The molecule has 0 amide bonds. The van der Waals surface area contributed by atoms with Crippen molar-refractivity contribution in [2.45, 2.75) is 19.9 Å². The second-order valence-corrected chi connectivity index (χ2v) is 4.64. The van der Waals surface area contributed by atoms with Crippen LogP contribution in [-0.2, 0) is 13.0 Å². The van der Waals surface area contributed by atoms with Gasteiger partial charge in [0.1, 0.15) is 11.6 Å². The molecule has 2 nitrogen and oxygen atoms in total. The fourth-order valence-corrected chi connectivity index (χ4v) is 2.07. The molecule has 3 heteroatoms. The molecule has 0 heterocycles. The van der Waals surface area contributed by atoms with Crippen LogP contribution >= 0.6 is 0 Å². The van der Waals surface area contributed by atoms with Crippen molar-refractivity contribution < 1.29 is 9.13 Å². The first-order valence-electron chi connectivity index (χ1n) is 6.95. The fourth-order valence-electron chi connectivity index (χ4n) is 2.07. The van der Waals surface area contributed by atoms with Gasteiger partial charge >= 0.3 is 0 Å². The summed E-state index contributed by atoms with van der Waals surface area (Å²) in [6.07, 6.45) is 0.822. The Kier molecular flexibility index (Phi) is 5.56. The van der Waals surface area contributed by atoms with Gasteiger partial charge in [0.15, 0.2) is 0 Å². The van der Waals surface area contributed by atoms with Crippen molar-refractivity contribution in [3.05, 3.63) is 65.5 Å². The third kappa shape index (κ3) is 4.67. The SMILES string of the molecule is CCOc1cccc(CNCCc2cccc(F)c2)c1. The predicted octanol–water partition coefficient (Wildman–Crippen LogP) is 3.56. The Balaban J connectivity index is 1.77. The maximum absolute atomic E-state index is 13.0. The van der Waals surface area contributed by atoms with Crippen LogP contribution in [0.25, 0.3) is 0 Å². The van der Waals surface area contributed by atoms with E-state index in [1.165, 1.54) is 11.6 Å². The van der Waals surface area contributed by atoms with Crippen LogP contribution < -0.4 is 10.1 Å². The Hall–Kier alpha value is -1.87. The minimum Gasteiger partial charge on any atom is -0.494 e. The van der Waals surface area contributed by atoms with Crippen LogP contribution in [0.5, 0.6) is 5.75 Å². The molecule has 0 aliphatic carbocycles. The maximum atomic E-state index is 13.0. The summed E-state index contributed by atoms with van der Waals surface area (Å²) in [7, 11) is 0. The highest BCUT2D eigenvalue weighted by molar-refractivity contribution is 5.28. The summed E-state index contributed by atoms with van der Waals surface area (Å²) in [5.74, 6) is 0.726. The number of benzene rings is 2. The second kappa shape index (κ2) is 7.65. The summed E-state index contributed by atoms with van der Waals surface area (Å²) >= 11 is 0. The Bertz CT molecular complexity index is 542. The number of hydrogen-bond donors (Lipinski definition) is 1. The third-order valence-corrected chi connectivity index (χ3v) is 3.02. The van der Waals surface area contributed by atoms with Gasteiger partial charge in [-0.3, -0.25) is 0 Å². The number of ether oxygens (including phenoxy) is 1. The largest absolute Gasteiger partial charge is 0.494 e. The van der Waals surface area contributed by atoms with E-state index in [0.29, 0.717) is 6.61 Å². The molecule has 20 heavy (non-hydrogen) atoms. The lowest BCUT2D eigenvalue weighted by Crippen LogP contribution is -2.16.